The van der Waals surface area contributed by atoms with Crippen molar-refractivity contribution in [1.29, 1.82) is 0 Å². The molecule has 0 heterocycles. The topological polar surface area (TPSA) is 111 Å². The van der Waals surface area contributed by atoms with E-state index in [9.17, 15) is 20.2 Å². The summed E-state index contributed by atoms with van der Waals surface area (Å²) in [6, 6.07) is 22.8. The maximum Gasteiger partial charge on any atom is 0.301 e. The van der Waals surface area contributed by atoms with E-state index in [0.717, 1.165) is 17.2 Å². The van der Waals surface area contributed by atoms with Crippen molar-refractivity contribution in [2.75, 3.05) is 5.43 Å². The van der Waals surface area contributed by atoms with E-state index < -0.39 is 15.5 Å². The zero-order chi connectivity index (χ0) is 19.9. The lowest BCUT2D eigenvalue weighted by Gasteiger charge is -2.13. The van der Waals surface area contributed by atoms with Crippen LogP contribution in [0.5, 0.6) is 0 Å². The van der Waals surface area contributed by atoms with E-state index in [-0.39, 0.29) is 17.3 Å². The van der Waals surface area contributed by atoms with Crippen LogP contribution < -0.4 is 5.43 Å². The number of hydrogen-bond acceptors (Lipinski definition) is 6. The predicted octanol–water partition coefficient (Wildman–Crippen LogP) is 4.73. The second-order valence-electron chi connectivity index (χ2n) is 5.90. The molecule has 0 radical (unpaired) electrons. The highest BCUT2D eigenvalue weighted by molar-refractivity contribution is 5.75. The summed E-state index contributed by atoms with van der Waals surface area (Å²) in [5, 5.41) is 26.2. The van der Waals surface area contributed by atoms with Gasteiger partial charge in [0.05, 0.1) is 15.9 Å². The maximum absolute atomic E-state index is 11.2. The molecule has 0 bridgehead atoms. The Morgan fingerprint density at radius 2 is 1.39 bits per heavy atom. The van der Waals surface area contributed by atoms with Crippen LogP contribution in [0.1, 0.15) is 17.0 Å². The van der Waals surface area contributed by atoms with Crippen molar-refractivity contribution >= 4 is 23.3 Å². The van der Waals surface area contributed by atoms with Crippen LogP contribution in [0.2, 0.25) is 0 Å². The Morgan fingerprint density at radius 1 is 0.821 bits per heavy atom. The third kappa shape index (κ3) is 4.36. The number of non-ortho nitro benzene ring substituents is 1. The molecule has 8 heteroatoms. The zero-order valence-electron chi connectivity index (χ0n) is 14.6. The molecule has 3 aromatic carbocycles. The molecule has 0 saturated carbocycles. The number of nitro benzene ring substituents is 2. The maximum atomic E-state index is 11.2. The van der Waals surface area contributed by atoms with Crippen LogP contribution in [0.3, 0.4) is 0 Å². The molecule has 28 heavy (non-hydrogen) atoms. The van der Waals surface area contributed by atoms with Gasteiger partial charge in [-0.25, -0.2) is 0 Å². The highest BCUT2D eigenvalue weighted by Crippen LogP contribution is 2.29. The van der Waals surface area contributed by atoms with Crippen LogP contribution in [0.25, 0.3) is 0 Å². The first-order chi connectivity index (χ1) is 13.6. The minimum Gasteiger partial charge on any atom is -0.272 e. The summed E-state index contributed by atoms with van der Waals surface area (Å²) in [6.07, 6.45) is 1.65. The lowest BCUT2D eigenvalue weighted by molar-refractivity contribution is -0.393. The van der Waals surface area contributed by atoms with E-state index in [1.807, 2.05) is 60.7 Å². The molecular weight excluding hydrogens is 360 g/mol. The molecule has 0 aliphatic heterocycles. The SMILES string of the molecule is O=[N+]([O-])c1ccc(N/N=C/C(c2ccccc2)c2ccccc2)c([N+](=O)[O-])c1. The zero-order valence-corrected chi connectivity index (χ0v) is 14.6. The monoisotopic (exact) mass is 376 g/mol. The second kappa shape index (κ2) is 8.54. The Bertz CT molecular complexity index is 968. The summed E-state index contributed by atoms with van der Waals surface area (Å²) in [6.45, 7) is 0. The third-order valence-corrected chi connectivity index (χ3v) is 4.11. The van der Waals surface area contributed by atoms with Gasteiger partial charge in [0.1, 0.15) is 5.69 Å². The molecule has 0 unspecified atom stereocenters. The van der Waals surface area contributed by atoms with E-state index in [2.05, 4.69) is 10.5 Å². The fraction of sp³-hybridized carbons (Fsp3) is 0.0500. The van der Waals surface area contributed by atoms with Crippen LogP contribution in [-0.2, 0) is 0 Å². The molecule has 0 atom stereocenters. The molecule has 1 N–H and O–H groups in total. The Morgan fingerprint density at radius 3 is 1.89 bits per heavy atom. The number of hydrazone groups is 1. The molecule has 0 aliphatic rings. The highest BCUT2D eigenvalue weighted by Gasteiger charge is 2.19. The van der Waals surface area contributed by atoms with Crippen LogP contribution in [0.4, 0.5) is 17.1 Å². The molecule has 0 spiro atoms. The summed E-state index contributed by atoms with van der Waals surface area (Å²) in [5.74, 6) is -0.160. The van der Waals surface area contributed by atoms with E-state index >= 15 is 0 Å². The van der Waals surface area contributed by atoms with Crippen molar-refractivity contribution in [2.24, 2.45) is 5.10 Å². The molecule has 0 aliphatic carbocycles. The van der Waals surface area contributed by atoms with Gasteiger partial charge in [-0.15, -0.1) is 0 Å². The number of nitrogens with one attached hydrogen (secondary N) is 1. The van der Waals surface area contributed by atoms with Gasteiger partial charge in [-0.05, 0) is 17.2 Å². The predicted molar refractivity (Wildman–Crippen MR) is 107 cm³/mol. The lowest BCUT2D eigenvalue weighted by atomic mass is 9.92. The third-order valence-electron chi connectivity index (χ3n) is 4.11. The first kappa shape index (κ1) is 18.7. The van der Waals surface area contributed by atoms with E-state index in [1.54, 1.807) is 6.21 Å². The van der Waals surface area contributed by atoms with Gasteiger partial charge in [-0.1, -0.05) is 60.7 Å². The van der Waals surface area contributed by atoms with Crippen LogP contribution >= 0.6 is 0 Å². The molecule has 0 saturated heterocycles. The quantitative estimate of drug-likeness (QED) is 0.364. The summed E-state index contributed by atoms with van der Waals surface area (Å²) >= 11 is 0. The van der Waals surface area contributed by atoms with Gasteiger partial charge in [-0.3, -0.25) is 25.7 Å². The Hall–Kier alpha value is -4.07. The Labute approximate surface area is 160 Å². The van der Waals surface area contributed by atoms with Gasteiger partial charge >= 0.3 is 5.69 Å². The molecule has 8 nitrogen and oxygen atoms in total. The molecule has 3 rings (SSSR count). The molecule has 0 fully saturated rings. The van der Waals surface area contributed by atoms with Gasteiger partial charge in [0.15, 0.2) is 0 Å². The van der Waals surface area contributed by atoms with Gasteiger partial charge in [-0.2, -0.15) is 5.10 Å². The number of benzene rings is 3. The van der Waals surface area contributed by atoms with E-state index in [1.165, 1.54) is 12.1 Å². The summed E-state index contributed by atoms with van der Waals surface area (Å²) in [4.78, 5) is 20.7. The first-order valence-electron chi connectivity index (χ1n) is 8.38. The van der Waals surface area contributed by atoms with Crippen molar-refractivity contribution in [3.63, 3.8) is 0 Å². The molecule has 0 amide bonds. The van der Waals surface area contributed by atoms with Crippen molar-refractivity contribution in [1.82, 2.24) is 0 Å². The van der Waals surface area contributed by atoms with Crippen LogP contribution in [0.15, 0.2) is 84.0 Å². The minimum absolute atomic E-state index is 0.0757. The van der Waals surface area contributed by atoms with Gasteiger partial charge in [0.25, 0.3) is 5.69 Å². The van der Waals surface area contributed by atoms with Crippen molar-refractivity contribution < 1.29 is 9.85 Å². The van der Waals surface area contributed by atoms with Crippen molar-refractivity contribution in [3.8, 4) is 0 Å². The average Bonchev–Trinajstić information content (AvgIpc) is 2.72. The first-order valence-corrected chi connectivity index (χ1v) is 8.38. The second-order valence-corrected chi connectivity index (χ2v) is 5.90. The minimum atomic E-state index is -0.684. The standard InChI is InChI=1S/C20H16N4O4/c25-23(26)17-11-12-19(20(13-17)24(27)28)22-21-14-18(15-7-3-1-4-8-15)16-9-5-2-6-10-16/h1-14,18,22H/b21-14+. The smallest absolute Gasteiger partial charge is 0.272 e. The van der Waals surface area contributed by atoms with Crippen molar-refractivity contribution in [3.05, 3.63) is 110 Å². The number of rotatable bonds is 7. The number of hydrogen-bond donors (Lipinski definition) is 1. The van der Waals surface area contributed by atoms with E-state index in [4.69, 9.17) is 0 Å². The summed E-state index contributed by atoms with van der Waals surface area (Å²) in [5.41, 5.74) is 3.97. The Kier molecular flexibility index (Phi) is 5.71. The van der Waals surface area contributed by atoms with Gasteiger partial charge in [0.2, 0.25) is 0 Å². The lowest BCUT2D eigenvalue weighted by Crippen LogP contribution is -2.05. The average molecular weight is 376 g/mol. The van der Waals surface area contributed by atoms with Crippen LogP contribution in [-0.4, -0.2) is 16.1 Å². The molecule has 0 aromatic heterocycles. The Balaban J connectivity index is 1.89. The largest absolute Gasteiger partial charge is 0.301 e. The highest BCUT2D eigenvalue weighted by atomic mass is 16.6. The number of nitrogens with zero attached hydrogens (tertiary/aromatic N) is 3. The fourth-order valence-electron chi connectivity index (χ4n) is 2.75. The van der Waals surface area contributed by atoms with Gasteiger partial charge in [0, 0.05) is 18.2 Å². The summed E-state index contributed by atoms with van der Waals surface area (Å²) in [7, 11) is 0. The molecular formula is C20H16N4O4. The molecule has 3 aromatic rings. The van der Waals surface area contributed by atoms with E-state index in [0.29, 0.717) is 0 Å². The van der Waals surface area contributed by atoms with Crippen molar-refractivity contribution in [2.45, 2.75) is 5.92 Å². The number of nitro groups is 2. The number of anilines is 1. The van der Waals surface area contributed by atoms with Crippen LogP contribution in [0, 0.1) is 20.2 Å². The van der Waals surface area contributed by atoms with Gasteiger partial charge < -0.3 is 0 Å². The summed E-state index contributed by atoms with van der Waals surface area (Å²) < 4.78 is 0. The fourth-order valence-corrected chi connectivity index (χ4v) is 2.75. The molecule has 140 valence electrons. The normalized spacial score (nSPS) is 10.9.